The maximum atomic E-state index is 12.2. The Labute approximate surface area is 173 Å². The molecule has 0 fully saturated rings. The van der Waals surface area contributed by atoms with E-state index in [2.05, 4.69) is 26.2 Å². The standard InChI is InChI=1S/C23H21BrN2O2/c1-17(20-5-7-21(24)8-6-20)26-23(27)11-4-18-2-9-22(10-3-18)28-16-19-12-14-25-15-13-19/h2-15,17H,16H2,1H3,(H,26,27). The van der Waals surface area contributed by atoms with Crippen molar-refractivity contribution in [2.24, 2.45) is 0 Å². The second-order valence-corrected chi connectivity index (χ2v) is 7.24. The second-order valence-electron chi connectivity index (χ2n) is 6.33. The van der Waals surface area contributed by atoms with Crippen LogP contribution in [-0.4, -0.2) is 10.9 Å². The average Bonchev–Trinajstić information content (AvgIpc) is 2.72. The summed E-state index contributed by atoms with van der Waals surface area (Å²) in [5, 5.41) is 2.96. The highest BCUT2D eigenvalue weighted by molar-refractivity contribution is 9.10. The Morgan fingerprint density at radius 1 is 1.07 bits per heavy atom. The highest BCUT2D eigenvalue weighted by atomic mass is 79.9. The Morgan fingerprint density at radius 2 is 1.75 bits per heavy atom. The Morgan fingerprint density at radius 3 is 2.43 bits per heavy atom. The third-order valence-corrected chi connectivity index (χ3v) is 4.72. The molecule has 1 atom stereocenters. The number of halogens is 1. The van der Waals surface area contributed by atoms with Crippen LogP contribution in [-0.2, 0) is 11.4 Å². The van der Waals surface area contributed by atoms with E-state index in [-0.39, 0.29) is 11.9 Å². The van der Waals surface area contributed by atoms with E-state index >= 15 is 0 Å². The highest BCUT2D eigenvalue weighted by Crippen LogP contribution is 2.17. The van der Waals surface area contributed by atoms with E-state index in [4.69, 9.17) is 4.74 Å². The number of hydrogen-bond acceptors (Lipinski definition) is 3. The number of nitrogens with one attached hydrogen (secondary N) is 1. The lowest BCUT2D eigenvalue weighted by molar-refractivity contribution is -0.117. The predicted octanol–water partition coefficient (Wildman–Crippen LogP) is 5.31. The molecule has 1 N–H and O–H groups in total. The summed E-state index contributed by atoms with van der Waals surface area (Å²) in [5.41, 5.74) is 3.05. The van der Waals surface area contributed by atoms with Gasteiger partial charge in [0.2, 0.25) is 5.91 Å². The zero-order valence-corrected chi connectivity index (χ0v) is 17.1. The quantitative estimate of drug-likeness (QED) is 0.510. The fourth-order valence-corrected chi connectivity index (χ4v) is 2.85. The third kappa shape index (κ3) is 6.06. The van der Waals surface area contributed by atoms with E-state index in [0.717, 1.165) is 26.9 Å². The molecular formula is C23H21BrN2O2. The van der Waals surface area contributed by atoms with Crippen molar-refractivity contribution in [2.75, 3.05) is 0 Å². The van der Waals surface area contributed by atoms with E-state index in [9.17, 15) is 4.79 Å². The molecule has 1 unspecified atom stereocenters. The fraction of sp³-hybridized carbons (Fsp3) is 0.130. The number of amides is 1. The Bertz CT molecular complexity index is 923. The summed E-state index contributed by atoms with van der Waals surface area (Å²) in [6.45, 7) is 2.46. The molecule has 0 aliphatic heterocycles. The summed E-state index contributed by atoms with van der Waals surface area (Å²) in [4.78, 5) is 16.1. The molecule has 4 nitrogen and oxygen atoms in total. The van der Waals surface area contributed by atoms with Crippen LogP contribution in [0, 0.1) is 0 Å². The summed E-state index contributed by atoms with van der Waals surface area (Å²) < 4.78 is 6.76. The van der Waals surface area contributed by atoms with Crippen molar-refractivity contribution in [3.63, 3.8) is 0 Å². The minimum atomic E-state index is -0.131. The number of carbonyl (C=O) groups is 1. The normalized spacial score (nSPS) is 11.9. The monoisotopic (exact) mass is 436 g/mol. The molecular weight excluding hydrogens is 416 g/mol. The van der Waals surface area contributed by atoms with Crippen molar-refractivity contribution >= 4 is 27.9 Å². The summed E-state index contributed by atoms with van der Waals surface area (Å²) in [7, 11) is 0. The molecule has 28 heavy (non-hydrogen) atoms. The van der Waals surface area contributed by atoms with Crippen molar-refractivity contribution in [3.8, 4) is 5.75 Å². The first-order chi connectivity index (χ1) is 13.6. The van der Waals surface area contributed by atoms with Gasteiger partial charge in [-0.3, -0.25) is 9.78 Å². The van der Waals surface area contributed by atoms with Gasteiger partial charge in [-0.15, -0.1) is 0 Å². The minimum Gasteiger partial charge on any atom is -0.489 e. The summed E-state index contributed by atoms with van der Waals surface area (Å²) in [6.07, 6.45) is 6.82. The molecule has 2 aromatic carbocycles. The number of ether oxygens (including phenoxy) is 1. The number of aromatic nitrogens is 1. The Hall–Kier alpha value is -2.92. The lowest BCUT2D eigenvalue weighted by Gasteiger charge is -2.13. The molecule has 0 aliphatic rings. The molecule has 0 saturated heterocycles. The van der Waals surface area contributed by atoms with Gasteiger partial charge in [0, 0.05) is 22.9 Å². The first-order valence-corrected chi connectivity index (χ1v) is 9.75. The van der Waals surface area contributed by atoms with Crippen molar-refractivity contribution in [1.29, 1.82) is 0 Å². The van der Waals surface area contributed by atoms with Crippen LogP contribution in [0.4, 0.5) is 0 Å². The van der Waals surface area contributed by atoms with Crippen LogP contribution in [0.5, 0.6) is 5.75 Å². The highest BCUT2D eigenvalue weighted by Gasteiger charge is 2.07. The van der Waals surface area contributed by atoms with Crippen molar-refractivity contribution in [2.45, 2.75) is 19.6 Å². The van der Waals surface area contributed by atoms with E-state index in [1.54, 1.807) is 24.5 Å². The van der Waals surface area contributed by atoms with Crippen LogP contribution in [0.1, 0.15) is 29.7 Å². The van der Waals surface area contributed by atoms with Gasteiger partial charge in [-0.2, -0.15) is 0 Å². The maximum Gasteiger partial charge on any atom is 0.244 e. The number of nitrogens with zero attached hydrogens (tertiary/aromatic N) is 1. The zero-order valence-electron chi connectivity index (χ0n) is 15.5. The molecule has 3 rings (SSSR count). The van der Waals surface area contributed by atoms with Crippen LogP contribution < -0.4 is 10.1 Å². The first-order valence-electron chi connectivity index (χ1n) is 8.96. The third-order valence-electron chi connectivity index (χ3n) is 4.19. The first kappa shape index (κ1) is 19.8. The molecule has 0 bridgehead atoms. The molecule has 1 heterocycles. The SMILES string of the molecule is CC(NC(=O)C=Cc1ccc(OCc2ccncc2)cc1)c1ccc(Br)cc1. The molecule has 5 heteroatoms. The molecule has 142 valence electrons. The molecule has 0 saturated carbocycles. The molecule has 0 radical (unpaired) electrons. The lowest BCUT2D eigenvalue weighted by atomic mass is 10.1. The van der Waals surface area contributed by atoms with Gasteiger partial charge in [0.1, 0.15) is 12.4 Å². The number of benzene rings is 2. The van der Waals surface area contributed by atoms with Gasteiger partial charge in [-0.25, -0.2) is 0 Å². The minimum absolute atomic E-state index is 0.0609. The van der Waals surface area contributed by atoms with Gasteiger partial charge in [-0.05, 0) is 66.1 Å². The van der Waals surface area contributed by atoms with E-state index < -0.39 is 0 Å². The van der Waals surface area contributed by atoms with E-state index in [0.29, 0.717) is 6.61 Å². The summed E-state index contributed by atoms with van der Waals surface area (Å²) in [5.74, 6) is 0.649. The fourth-order valence-electron chi connectivity index (χ4n) is 2.59. The van der Waals surface area contributed by atoms with Gasteiger partial charge in [0.05, 0.1) is 6.04 Å². The zero-order chi connectivity index (χ0) is 19.8. The smallest absolute Gasteiger partial charge is 0.244 e. The number of rotatable bonds is 7. The van der Waals surface area contributed by atoms with Crippen molar-refractivity contribution in [1.82, 2.24) is 10.3 Å². The average molecular weight is 437 g/mol. The van der Waals surface area contributed by atoms with Gasteiger partial charge in [0.25, 0.3) is 0 Å². The summed E-state index contributed by atoms with van der Waals surface area (Å²) in [6, 6.07) is 19.3. The molecule has 0 spiro atoms. The number of carbonyl (C=O) groups excluding carboxylic acids is 1. The van der Waals surface area contributed by atoms with Gasteiger partial charge >= 0.3 is 0 Å². The predicted molar refractivity (Wildman–Crippen MR) is 115 cm³/mol. The van der Waals surface area contributed by atoms with E-state index in [1.165, 1.54) is 0 Å². The number of hydrogen-bond donors (Lipinski definition) is 1. The lowest BCUT2D eigenvalue weighted by Crippen LogP contribution is -2.24. The van der Waals surface area contributed by atoms with Gasteiger partial charge < -0.3 is 10.1 Å². The molecule has 0 aliphatic carbocycles. The van der Waals surface area contributed by atoms with Crippen LogP contribution in [0.2, 0.25) is 0 Å². The molecule has 3 aromatic rings. The van der Waals surface area contributed by atoms with Gasteiger partial charge in [0.15, 0.2) is 0 Å². The largest absolute Gasteiger partial charge is 0.489 e. The topological polar surface area (TPSA) is 51.2 Å². The van der Waals surface area contributed by atoms with Crippen LogP contribution in [0.25, 0.3) is 6.08 Å². The van der Waals surface area contributed by atoms with Crippen molar-refractivity contribution < 1.29 is 9.53 Å². The van der Waals surface area contributed by atoms with E-state index in [1.807, 2.05) is 67.6 Å². The molecule has 1 aromatic heterocycles. The van der Waals surface area contributed by atoms with Crippen molar-refractivity contribution in [3.05, 3.63) is 100 Å². The van der Waals surface area contributed by atoms with Gasteiger partial charge in [-0.1, -0.05) is 40.2 Å². The Kier molecular flexibility index (Phi) is 6.98. The Balaban J connectivity index is 1.50. The second kappa shape index (κ2) is 9.85. The summed E-state index contributed by atoms with van der Waals surface area (Å²) >= 11 is 3.41. The molecule has 1 amide bonds. The van der Waals surface area contributed by atoms with Crippen LogP contribution >= 0.6 is 15.9 Å². The van der Waals surface area contributed by atoms with Crippen LogP contribution in [0.15, 0.2) is 83.6 Å². The number of pyridine rings is 1. The van der Waals surface area contributed by atoms with Crippen LogP contribution in [0.3, 0.4) is 0 Å². The maximum absolute atomic E-state index is 12.2.